The van der Waals surface area contributed by atoms with Crippen molar-refractivity contribution in [1.82, 2.24) is 5.32 Å². The van der Waals surface area contributed by atoms with Crippen LogP contribution in [-0.2, 0) is 11.2 Å². The van der Waals surface area contributed by atoms with E-state index in [1.807, 2.05) is 0 Å². The summed E-state index contributed by atoms with van der Waals surface area (Å²) < 4.78 is 0. The summed E-state index contributed by atoms with van der Waals surface area (Å²) in [5.74, 6) is -3.07. The predicted octanol–water partition coefficient (Wildman–Crippen LogP) is -0.460. The lowest BCUT2D eigenvalue weighted by Crippen LogP contribution is -2.48. The molecule has 1 aliphatic rings. The minimum Gasteiger partial charge on any atom is -0.507 e. The first-order chi connectivity index (χ1) is 9.90. The Labute approximate surface area is 121 Å². The van der Waals surface area contributed by atoms with Gasteiger partial charge in [0.1, 0.15) is 11.3 Å². The van der Waals surface area contributed by atoms with Crippen molar-refractivity contribution >= 4 is 19.0 Å². The Bertz CT molecular complexity index is 558. The van der Waals surface area contributed by atoms with Gasteiger partial charge in [0.05, 0.1) is 5.94 Å². The van der Waals surface area contributed by atoms with Gasteiger partial charge in [-0.1, -0.05) is 12.1 Å². The number of para-hydroxylation sites is 1. The first-order valence-electron chi connectivity index (χ1n) is 6.60. The van der Waals surface area contributed by atoms with Crippen LogP contribution in [0, 0.1) is 5.92 Å². The highest BCUT2D eigenvalue weighted by atomic mass is 16.4. The molecule has 0 bridgehead atoms. The summed E-state index contributed by atoms with van der Waals surface area (Å²) in [6, 6.07) is 4.16. The average molecular weight is 293 g/mol. The Morgan fingerprint density at radius 2 is 2.00 bits per heavy atom. The molecular formula is C13H16BNO6. The second kappa shape index (κ2) is 6.15. The van der Waals surface area contributed by atoms with Crippen LogP contribution in [-0.4, -0.2) is 45.2 Å². The minimum absolute atomic E-state index is 0.0803. The molecule has 5 N–H and O–H groups in total. The number of rotatable bonds is 6. The van der Waals surface area contributed by atoms with Crippen molar-refractivity contribution in [2.45, 2.75) is 25.2 Å². The zero-order valence-corrected chi connectivity index (χ0v) is 11.2. The summed E-state index contributed by atoms with van der Waals surface area (Å²) in [6.45, 7) is 0. The Morgan fingerprint density at radius 1 is 1.33 bits per heavy atom. The normalized spacial score (nSPS) is 15.3. The van der Waals surface area contributed by atoms with Crippen LogP contribution in [0.4, 0.5) is 0 Å². The number of carboxylic acid groups (broad SMARTS) is 1. The Kier molecular flexibility index (Phi) is 4.49. The zero-order valence-electron chi connectivity index (χ0n) is 11.2. The number of carbonyl (C=O) groups is 2. The monoisotopic (exact) mass is 293 g/mol. The maximum Gasteiger partial charge on any atom is 0.475 e. The molecule has 0 saturated heterocycles. The van der Waals surface area contributed by atoms with Gasteiger partial charge >= 0.3 is 13.1 Å². The van der Waals surface area contributed by atoms with Gasteiger partial charge in [0.15, 0.2) is 0 Å². The molecule has 1 aliphatic carbocycles. The fourth-order valence-electron chi connectivity index (χ4n) is 2.04. The Balaban J connectivity index is 2.14. The highest BCUT2D eigenvalue weighted by Crippen LogP contribution is 2.29. The van der Waals surface area contributed by atoms with E-state index in [9.17, 15) is 24.7 Å². The second-order valence-electron chi connectivity index (χ2n) is 5.13. The van der Waals surface area contributed by atoms with Crippen molar-refractivity contribution < 1.29 is 29.9 Å². The molecule has 1 aromatic rings. The van der Waals surface area contributed by atoms with Crippen LogP contribution in [0.25, 0.3) is 0 Å². The lowest BCUT2D eigenvalue weighted by Gasteiger charge is -2.18. The molecule has 7 nitrogen and oxygen atoms in total. The van der Waals surface area contributed by atoms with Crippen molar-refractivity contribution in [2.75, 3.05) is 0 Å². The number of carbonyl (C=O) groups excluding carboxylic acids is 1. The van der Waals surface area contributed by atoms with E-state index in [1.165, 1.54) is 18.2 Å². The molecule has 1 atom stereocenters. The molecular weight excluding hydrogens is 277 g/mol. The highest BCUT2D eigenvalue weighted by molar-refractivity contribution is 6.43. The number of aromatic carboxylic acids is 1. The number of nitrogens with one attached hydrogen (secondary N) is 1. The third-order valence-electron chi connectivity index (χ3n) is 3.43. The fourth-order valence-corrected chi connectivity index (χ4v) is 2.04. The van der Waals surface area contributed by atoms with Crippen LogP contribution in [0.3, 0.4) is 0 Å². The van der Waals surface area contributed by atoms with Gasteiger partial charge < -0.3 is 25.6 Å². The smallest absolute Gasteiger partial charge is 0.475 e. The molecule has 0 aliphatic heterocycles. The van der Waals surface area contributed by atoms with E-state index >= 15 is 0 Å². The Morgan fingerprint density at radius 3 is 2.52 bits per heavy atom. The van der Waals surface area contributed by atoms with Crippen molar-refractivity contribution in [1.29, 1.82) is 0 Å². The fraction of sp³-hybridized carbons (Fsp3) is 0.385. The maximum absolute atomic E-state index is 11.7. The quantitative estimate of drug-likeness (QED) is 0.452. The van der Waals surface area contributed by atoms with Crippen molar-refractivity contribution in [3.63, 3.8) is 0 Å². The number of phenols is 1. The molecule has 1 aromatic carbocycles. The van der Waals surface area contributed by atoms with E-state index in [2.05, 4.69) is 5.32 Å². The van der Waals surface area contributed by atoms with Gasteiger partial charge in [-0.2, -0.15) is 0 Å². The number of amides is 1. The van der Waals surface area contributed by atoms with E-state index in [0.29, 0.717) is 0 Å². The van der Waals surface area contributed by atoms with Crippen LogP contribution in [0.15, 0.2) is 18.2 Å². The largest absolute Gasteiger partial charge is 0.507 e. The van der Waals surface area contributed by atoms with Gasteiger partial charge in [0.25, 0.3) is 0 Å². The number of benzene rings is 1. The van der Waals surface area contributed by atoms with Crippen LogP contribution >= 0.6 is 0 Å². The van der Waals surface area contributed by atoms with Gasteiger partial charge in [-0.25, -0.2) is 4.79 Å². The van der Waals surface area contributed by atoms with E-state index in [-0.39, 0.29) is 29.4 Å². The molecule has 0 radical (unpaired) electrons. The SMILES string of the molecule is O=C(O)c1cccc(CC(NC(=O)C2CC2)B(O)O)c1O. The molecule has 21 heavy (non-hydrogen) atoms. The van der Waals surface area contributed by atoms with Gasteiger partial charge in [-0.05, 0) is 30.9 Å². The number of hydrogen-bond donors (Lipinski definition) is 5. The van der Waals surface area contributed by atoms with Gasteiger partial charge in [-0.15, -0.1) is 0 Å². The molecule has 1 amide bonds. The molecule has 112 valence electrons. The molecule has 0 heterocycles. The van der Waals surface area contributed by atoms with Gasteiger partial charge in [-0.3, -0.25) is 4.79 Å². The summed E-state index contributed by atoms with van der Waals surface area (Å²) in [7, 11) is -1.81. The van der Waals surface area contributed by atoms with E-state index < -0.39 is 24.8 Å². The van der Waals surface area contributed by atoms with Gasteiger partial charge in [0.2, 0.25) is 5.91 Å². The molecule has 1 unspecified atom stereocenters. The lowest BCUT2D eigenvalue weighted by molar-refractivity contribution is -0.122. The summed E-state index contributed by atoms with van der Waals surface area (Å²) in [4.78, 5) is 22.6. The standard InChI is InChI=1S/C13H16BNO6/c16-11-8(2-1-3-9(11)13(18)19)6-10(14(20)21)15-12(17)7-4-5-7/h1-3,7,10,16,20-21H,4-6H2,(H,15,17)(H,18,19). The van der Waals surface area contributed by atoms with E-state index in [1.54, 1.807) is 0 Å². The third-order valence-corrected chi connectivity index (χ3v) is 3.43. The lowest BCUT2D eigenvalue weighted by atomic mass is 9.75. The molecule has 0 spiro atoms. The van der Waals surface area contributed by atoms with Crippen molar-refractivity contribution in [3.05, 3.63) is 29.3 Å². The molecule has 8 heteroatoms. The minimum atomic E-state index is -1.81. The van der Waals surface area contributed by atoms with E-state index in [4.69, 9.17) is 5.11 Å². The predicted molar refractivity (Wildman–Crippen MR) is 73.6 cm³/mol. The van der Waals surface area contributed by atoms with Crippen LogP contribution in [0.1, 0.15) is 28.8 Å². The van der Waals surface area contributed by atoms with Crippen molar-refractivity contribution in [3.8, 4) is 5.75 Å². The maximum atomic E-state index is 11.7. The third kappa shape index (κ3) is 3.74. The number of aromatic hydroxyl groups is 1. The van der Waals surface area contributed by atoms with Crippen LogP contribution < -0.4 is 5.32 Å². The molecule has 2 rings (SSSR count). The topological polar surface area (TPSA) is 127 Å². The number of hydrogen-bond acceptors (Lipinski definition) is 5. The van der Waals surface area contributed by atoms with Crippen molar-refractivity contribution in [2.24, 2.45) is 5.92 Å². The highest BCUT2D eigenvalue weighted by Gasteiger charge is 2.34. The summed E-state index contributed by atoms with van der Waals surface area (Å²) in [5.41, 5.74) is -0.0451. The first kappa shape index (κ1) is 15.3. The van der Waals surface area contributed by atoms with Crippen LogP contribution in [0.5, 0.6) is 5.75 Å². The van der Waals surface area contributed by atoms with Crippen LogP contribution in [0.2, 0.25) is 0 Å². The van der Waals surface area contributed by atoms with Gasteiger partial charge in [0, 0.05) is 5.92 Å². The average Bonchev–Trinajstić information content (AvgIpc) is 3.23. The zero-order chi connectivity index (χ0) is 15.6. The first-order valence-corrected chi connectivity index (χ1v) is 6.60. The Hall–Kier alpha value is -2.06. The summed E-state index contributed by atoms with van der Waals surface area (Å²) >= 11 is 0. The molecule has 0 aromatic heterocycles. The van der Waals surface area contributed by atoms with E-state index in [0.717, 1.165) is 12.8 Å². The molecule has 1 fully saturated rings. The molecule has 1 saturated carbocycles. The number of carboxylic acids is 1. The summed E-state index contributed by atoms with van der Waals surface area (Å²) in [5, 5.41) is 40.0. The second-order valence-corrected chi connectivity index (χ2v) is 5.13. The summed E-state index contributed by atoms with van der Waals surface area (Å²) in [6.07, 6.45) is 1.47.